The van der Waals surface area contributed by atoms with Crippen LogP contribution in [0.25, 0.3) is 0 Å². The number of fused-ring (bicyclic) bond motifs is 7. The summed E-state index contributed by atoms with van der Waals surface area (Å²) in [6.45, 7) is 4.65. The van der Waals surface area contributed by atoms with Gasteiger partial charge in [-0.3, -0.25) is 19.3 Å². The zero-order valence-corrected chi connectivity index (χ0v) is 19.1. The van der Waals surface area contributed by atoms with Crippen molar-refractivity contribution in [2.45, 2.75) is 38.3 Å². The van der Waals surface area contributed by atoms with Gasteiger partial charge in [0.2, 0.25) is 17.7 Å². The fourth-order valence-electron chi connectivity index (χ4n) is 6.42. The van der Waals surface area contributed by atoms with Gasteiger partial charge in [0, 0.05) is 22.3 Å². The summed E-state index contributed by atoms with van der Waals surface area (Å²) in [5.41, 5.74) is 2.76. The van der Waals surface area contributed by atoms with E-state index in [2.05, 4.69) is 10.2 Å². The number of rotatable bonds is 1. The molecule has 3 amide bonds. The van der Waals surface area contributed by atoms with Gasteiger partial charge < -0.3 is 5.32 Å². The predicted octanol–water partition coefficient (Wildman–Crippen LogP) is 4.04. The Kier molecular flexibility index (Phi) is 4.15. The first-order valence-corrected chi connectivity index (χ1v) is 11.6. The average molecular weight is 470 g/mol. The van der Waals surface area contributed by atoms with Crippen molar-refractivity contribution >= 4 is 52.3 Å². The third-order valence-electron chi connectivity index (χ3n) is 7.85. The number of hydrogen-bond acceptors (Lipinski definition) is 4. The number of amides is 3. The molecule has 4 heterocycles. The number of anilines is 2. The number of imide groups is 1. The van der Waals surface area contributed by atoms with E-state index in [1.165, 1.54) is 11.0 Å². The molecular weight excluding hydrogens is 449 g/mol. The Morgan fingerprint density at radius 2 is 1.84 bits per heavy atom. The van der Waals surface area contributed by atoms with Gasteiger partial charge in [-0.05, 0) is 62.6 Å². The van der Waals surface area contributed by atoms with Crippen LogP contribution in [-0.4, -0.2) is 35.2 Å². The van der Waals surface area contributed by atoms with Gasteiger partial charge in [0.25, 0.3) is 0 Å². The summed E-state index contributed by atoms with van der Waals surface area (Å²) in [5, 5.41) is 3.73. The van der Waals surface area contributed by atoms with Crippen LogP contribution in [0.3, 0.4) is 0 Å². The molecule has 2 aromatic carbocycles. The lowest BCUT2D eigenvalue weighted by Gasteiger charge is -2.36. The van der Waals surface area contributed by atoms with E-state index in [-0.39, 0.29) is 28.8 Å². The molecule has 0 radical (unpaired) electrons. The van der Waals surface area contributed by atoms with Crippen molar-refractivity contribution in [1.29, 1.82) is 0 Å². The second-order valence-electron chi connectivity index (χ2n) is 9.16. The van der Waals surface area contributed by atoms with Crippen molar-refractivity contribution in [3.05, 3.63) is 57.1 Å². The van der Waals surface area contributed by atoms with Crippen LogP contribution in [0.2, 0.25) is 10.0 Å². The molecule has 4 atom stereocenters. The molecule has 32 heavy (non-hydrogen) atoms. The molecule has 0 saturated carbocycles. The first-order chi connectivity index (χ1) is 15.3. The lowest BCUT2D eigenvalue weighted by Crippen LogP contribution is -2.54. The molecule has 8 heteroatoms. The molecule has 0 unspecified atom stereocenters. The Balaban J connectivity index is 1.57. The lowest BCUT2D eigenvalue weighted by molar-refractivity contribution is -0.135. The maximum absolute atomic E-state index is 13.9. The first kappa shape index (κ1) is 20.2. The van der Waals surface area contributed by atoms with Gasteiger partial charge in [-0.15, -0.1) is 0 Å². The van der Waals surface area contributed by atoms with Gasteiger partial charge in [0.15, 0.2) is 0 Å². The summed E-state index contributed by atoms with van der Waals surface area (Å²) in [5.74, 6) is -2.26. The van der Waals surface area contributed by atoms with Crippen LogP contribution in [-0.2, 0) is 19.9 Å². The molecule has 3 fully saturated rings. The smallest absolute Gasteiger partial charge is 0.250 e. The normalized spacial score (nSPS) is 30.8. The van der Waals surface area contributed by atoms with E-state index in [4.69, 9.17) is 23.2 Å². The number of benzene rings is 2. The number of carbonyl (C=O) groups is 3. The second kappa shape index (κ2) is 6.56. The van der Waals surface area contributed by atoms with E-state index in [1.807, 2.05) is 26.0 Å². The van der Waals surface area contributed by atoms with Crippen molar-refractivity contribution in [1.82, 2.24) is 4.90 Å². The van der Waals surface area contributed by atoms with Crippen LogP contribution in [0.5, 0.6) is 0 Å². The van der Waals surface area contributed by atoms with E-state index >= 15 is 0 Å². The third-order valence-corrected chi connectivity index (χ3v) is 8.39. The predicted molar refractivity (Wildman–Crippen MR) is 122 cm³/mol. The molecule has 0 aliphatic carbocycles. The minimum absolute atomic E-state index is 0.161. The first-order valence-electron chi connectivity index (χ1n) is 10.8. The SMILES string of the molecule is Cc1ccc2c(c1C)NC(=O)[C@@]21[C@@H]2C(=O)N(c3ccc(Cl)cc3Cl)C(=O)[C@H]2[C@H]2CCCN21. The van der Waals surface area contributed by atoms with Crippen LogP contribution in [0, 0.1) is 25.7 Å². The molecule has 164 valence electrons. The van der Waals surface area contributed by atoms with Crippen LogP contribution in [0.15, 0.2) is 30.3 Å². The number of hydrogen-bond donors (Lipinski definition) is 1. The molecule has 4 aliphatic rings. The van der Waals surface area contributed by atoms with Gasteiger partial charge in [-0.25, -0.2) is 4.90 Å². The molecule has 6 rings (SSSR count). The number of nitrogens with zero attached hydrogens (tertiary/aromatic N) is 2. The zero-order valence-electron chi connectivity index (χ0n) is 17.6. The van der Waals surface area contributed by atoms with Gasteiger partial charge in [-0.2, -0.15) is 0 Å². The Morgan fingerprint density at radius 3 is 2.59 bits per heavy atom. The molecule has 1 N–H and O–H groups in total. The van der Waals surface area contributed by atoms with E-state index in [0.717, 1.165) is 35.2 Å². The van der Waals surface area contributed by atoms with Gasteiger partial charge in [0.1, 0.15) is 5.54 Å². The quantitative estimate of drug-likeness (QED) is 0.639. The fraction of sp³-hybridized carbons (Fsp3) is 0.375. The largest absolute Gasteiger partial charge is 0.324 e. The molecule has 3 saturated heterocycles. The summed E-state index contributed by atoms with van der Waals surface area (Å²) in [4.78, 5) is 44.7. The van der Waals surface area contributed by atoms with Crippen molar-refractivity contribution in [3.8, 4) is 0 Å². The van der Waals surface area contributed by atoms with Crippen LogP contribution in [0.4, 0.5) is 11.4 Å². The maximum atomic E-state index is 13.9. The number of aryl methyl sites for hydroxylation is 1. The van der Waals surface area contributed by atoms with Crippen LogP contribution >= 0.6 is 23.2 Å². The minimum Gasteiger partial charge on any atom is -0.324 e. The Labute approximate surface area is 195 Å². The second-order valence-corrected chi connectivity index (χ2v) is 10.0. The summed E-state index contributed by atoms with van der Waals surface area (Å²) >= 11 is 12.4. The molecular formula is C24H21Cl2N3O3. The monoisotopic (exact) mass is 469 g/mol. The fourth-order valence-corrected chi connectivity index (χ4v) is 6.91. The number of halogens is 2. The minimum atomic E-state index is -1.18. The number of carbonyl (C=O) groups excluding carboxylic acids is 3. The lowest BCUT2D eigenvalue weighted by atomic mass is 9.75. The zero-order chi connectivity index (χ0) is 22.5. The highest BCUT2D eigenvalue weighted by molar-refractivity contribution is 6.38. The maximum Gasteiger partial charge on any atom is 0.250 e. The van der Waals surface area contributed by atoms with Crippen LogP contribution in [0.1, 0.15) is 29.5 Å². The van der Waals surface area contributed by atoms with E-state index < -0.39 is 17.4 Å². The van der Waals surface area contributed by atoms with Crippen molar-refractivity contribution in [3.63, 3.8) is 0 Å². The van der Waals surface area contributed by atoms with E-state index in [0.29, 0.717) is 17.3 Å². The van der Waals surface area contributed by atoms with Crippen LogP contribution < -0.4 is 10.2 Å². The highest BCUT2D eigenvalue weighted by atomic mass is 35.5. The van der Waals surface area contributed by atoms with E-state index in [1.54, 1.807) is 12.1 Å². The standard InChI is InChI=1S/C24H21Cl2N3O3/c1-11-5-7-14-20(12(11)2)27-23(32)24(14)19-18(17-4-3-9-28(17)24)21(30)29(22(19)31)16-8-6-13(25)10-15(16)26/h5-8,10,17-19H,3-4,9H2,1-2H3,(H,27,32)/t17-,18+,19+,24+/m1/s1. The van der Waals surface area contributed by atoms with Gasteiger partial charge in [-0.1, -0.05) is 35.3 Å². The molecule has 0 bridgehead atoms. The van der Waals surface area contributed by atoms with Gasteiger partial charge >= 0.3 is 0 Å². The molecule has 4 aliphatic heterocycles. The Bertz CT molecular complexity index is 1250. The van der Waals surface area contributed by atoms with Crippen molar-refractivity contribution < 1.29 is 14.4 Å². The molecule has 1 spiro atoms. The molecule has 0 aromatic heterocycles. The summed E-state index contributed by atoms with van der Waals surface area (Å²) < 4.78 is 0. The third kappa shape index (κ3) is 2.23. The highest BCUT2D eigenvalue weighted by Gasteiger charge is 2.74. The average Bonchev–Trinajstić information content (AvgIpc) is 3.45. The topological polar surface area (TPSA) is 69.7 Å². The molecule has 2 aromatic rings. The van der Waals surface area contributed by atoms with E-state index in [9.17, 15) is 14.4 Å². The van der Waals surface area contributed by atoms with Crippen molar-refractivity contribution in [2.75, 3.05) is 16.8 Å². The number of nitrogens with one attached hydrogen (secondary N) is 1. The summed E-state index contributed by atoms with van der Waals surface area (Å²) in [6.07, 6.45) is 1.66. The highest BCUT2D eigenvalue weighted by Crippen LogP contribution is 2.61. The van der Waals surface area contributed by atoms with Gasteiger partial charge in [0.05, 0.1) is 22.5 Å². The van der Waals surface area contributed by atoms with Crippen molar-refractivity contribution in [2.24, 2.45) is 11.8 Å². The Morgan fingerprint density at radius 1 is 1.06 bits per heavy atom. The Hall–Kier alpha value is -2.41. The molecule has 6 nitrogen and oxygen atoms in total. The summed E-state index contributed by atoms with van der Waals surface area (Å²) in [6, 6.07) is 8.50. The summed E-state index contributed by atoms with van der Waals surface area (Å²) in [7, 11) is 0.